The highest BCUT2D eigenvalue weighted by Gasteiger charge is 2.50. The Morgan fingerprint density at radius 3 is 2.83 bits per heavy atom. The van der Waals surface area contributed by atoms with Crippen LogP contribution >= 0.6 is 0 Å². The van der Waals surface area contributed by atoms with Gasteiger partial charge in [0.15, 0.2) is 18.1 Å². The van der Waals surface area contributed by atoms with Crippen LogP contribution in [0.25, 0.3) is 0 Å². The highest BCUT2D eigenvalue weighted by Crippen LogP contribution is 2.48. The number of methoxy groups -OCH3 is 2. The van der Waals surface area contributed by atoms with Gasteiger partial charge in [-0.25, -0.2) is 0 Å². The van der Waals surface area contributed by atoms with Crippen LogP contribution < -0.4 is 9.47 Å². The summed E-state index contributed by atoms with van der Waals surface area (Å²) in [5.74, 6) is 1.86. The molecule has 1 saturated carbocycles. The molecule has 0 unspecified atom stereocenters. The van der Waals surface area contributed by atoms with E-state index in [9.17, 15) is 4.79 Å². The van der Waals surface area contributed by atoms with E-state index in [2.05, 4.69) is 0 Å². The Kier molecular flexibility index (Phi) is 4.76. The molecule has 1 saturated heterocycles. The fourth-order valence-electron chi connectivity index (χ4n) is 4.10. The third-order valence-electron chi connectivity index (χ3n) is 5.24. The molecule has 0 aromatic heterocycles. The topological polar surface area (TPSA) is 48.0 Å². The van der Waals surface area contributed by atoms with E-state index < -0.39 is 0 Å². The van der Waals surface area contributed by atoms with Crippen molar-refractivity contribution >= 4 is 5.91 Å². The lowest BCUT2D eigenvalue weighted by molar-refractivity contribution is -0.133. The molecular formula is C18H25NO4. The van der Waals surface area contributed by atoms with Crippen LogP contribution in [0.5, 0.6) is 11.5 Å². The normalized spacial score (nSPS) is 26.2. The van der Waals surface area contributed by atoms with Crippen molar-refractivity contribution < 1.29 is 19.0 Å². The summed E-state index contributed by atoms with van der Waals surface area (Å²) in [7, 11) is 3.35. The van der Waals surface area contributed by atoms with Gasteiger partial charge in [-0.15, -0.1) is 0 Å². The van der Waals surface area contributed by atoms with Gasteiger partial charge in [-0.3, -0.25) is 4.79 Å². The first kappa shape index (κ1) is 16.1. The minimum atomic E-state index is 0.0424. The fourth-order valence-corrected chi connectivity index (χ4v) is 4.10. The Balaban J connectivity index is 1.59. The van der Waals surface area contributed by atoms with Crippen LogP contribution in [0.15, 0.2) is 24.3 Å². The number of likely N-dealkylation sites (tertiary alicyclic amines) is 1. The third-order valence-corrected chi connectivity index (χ3v) is 5.24. The first-order valence-electron chi connectivity index (χ1n) is 8.21. The minimum absolute atomic E-state index is 0.0424. The lowest BCUT2D eigenvalue weighted by Gasteiger charge is -2.27. The van der Waals surface area contributed by atoms with Crippen molar-refractivity contribution in [3.05, 3.63) is 24.3 Å². The Morgan fingerprint density at radius 1 is 1.30 bits per heavy atom. The number of ether oxygens (including phenoxy) is 3. The number of amides is 1. The SMILES string of the molecule is COC[C@@]12CCC[C@@H]1CN(C(=O)COc1ccccc1OC)C2. The summed E-state index contributed by atoms with van der Waals surface area (Å²) >= 11 is 0. The quantitative estimate of drug-likeness (QED) is 0.807. The largest absolute Gasteiger partial charge is 0.493 e. The van der Waals surface area contributed by atoms with Gasteiger partial charge in [-0.1, -0.05) is 18.6 Å². The Hall–Kier alpha value is -1.75. The lowest BCUT2D eigenvalue weighted by Crippen LogP contribution is -2.36. The molecule has 1 heterocycles. The number of hydrogen-bond donors (Lipinski definition) is 0. The van der Waals surface area contributed by atoms with Gasteiger partial charge in [-0.05, 0) is 30.9 Å². The monoisotopic (exact) mass is 319 g/mol. The van der Waals surface area contributed by atoms with E-state index in [1.54, 1.807) is 14.2 Å². The first-order chi connectivity index (χ1) is 11.2. The molecule has 0 N–H and O–H groups in total. The van der Waals surface area contributed by atoms with Gasteiger partial charge in [0.05, 0.1) is 13.7 Å². The van der Waals surface area contributed by atoms with Crippen molar-refractivity contribution in [2.24, 2.45) is 11.3 Å². The van der Waals surface area contributed by atoms with E-state index in [0.717, 1.165) is 26.1 Å². The summed E-state index contributed by atoms with van der Waals surface area (Å²) < 4.78 is 16.3. The maximum absolute atomic E-state index is 12.5. The number of fused-ring (bicyclic) bond motifs is 1. The van der Waals surface area contributed by atoms with Crippen LogP contribution in [-0.2, 0) is 9.53 Å². The molecule has 1 aliphatic carbocycles. The predicted molar refractivity (Wildman–Crippen MR) is 86.7 cm³/mol. The second-order valence-corrected chi connectivity index (χ2v) is 6.60. The second-order valence-electron chi connectivity index (χ2n) is 6.60. The van der Waals surface area contributed by atoms with Gasteiger partial charge in [0.1, 0.15) is 0 Å². The van der Waals surface area contributed by atoms with E-state index in [4.69, 9.17) is 14.2 Å². The molecule has 0 spiro atoms. The Morgan fingerprint density at radius 2 is 2.09 bits per heavy atom. The molecule has 0 radical (unpaired) electrons. The molecule has 2 aliphatic rings. The number of carbonyl (C=O) groups is 1. The number of nitrogens with zero attached hydrogens (tertiary/aromatic N) is 1. The van der Waals surface area contributed by atoms with E-state index in [1.165, 1.54) is 12.8 Å². The molecule has 5 heteroatoms. The van der Waals surface area contributed by atoms with Crippen LogP contribution in [0.2, 0.25) is 0 Å². The van der Waals surface area contributed by atoms with Crippen molar-refractivity contribution in [3.8, 4) is 11.5 Å². The molecule has 2 fully saturated rings. The zero-order chi connectivity index (χ0) is 16.3. The molecule has 1 amide bonds. The second kappa shape index (κ2) is 6.79. The van der Waals surface area contributed by atoms with Crippen molar-refractivity contribution in [1.82, 2.24) is 4.90 Å². The van der Waals surface area contributed by atoms with Crippen LogP contribution in [-0.4, -0.2) is 51.3 Å². The molecule has 0 bridgehead atoms. The molecule has 2 atom stereocenters. The van der Waals surface area contributed by atoms with Gasteiger partial charge < -0.3 is 19.1 Å². The highest BCUT2D eigenvalue weighted by molar-refractivity contribution is 5.78. The van der Waals surface area contributed by atoms with Crippen molar-refractivity contribution in [2.45, 2.75) is 19.3 Å². The number of benzene rings is 1. The maximum Gasteiger partial charge on any atom is 0.260 e. The minimum Gasteiger partial charge on any atom is -0.493 e. The van der Waals surface area contributed by atoms with Gasteiger partial charge in [0.25, 0.3) is 5.91 Å². The molecule has 1 aromatic carbocycles. The number of rotatable bonds is 6. The van der Waals surface area contributed by atoms with Crippen molar-refractivity contribution in [3.63, 3.8) is 0 Å². The Labute approximate surface area is 137 Å². The van der Waals surface area contributed by atoms with Gasteiger partial charge in [-0.2, -0.15) is 0 Å². The van der Waals surface area contributed by atoms with E-state index >= 15 is 0 Å². The smallest absolute Gasteiger partial charge is 0.260 e. The summed E-state index contributed by atoms with van der Waals surface area (Å²) in [6.45, 7) is 2.42. The van der Waals surface area contributed by atoms with Crippen LogP contribution in [0.4, 0.5) is 0 Å². The van der Waals surface area contributed by atoms with E-state index in [0.29, 0.717) is 17.4 Å². The molecule has 5 nitrogen and oxygen atoms in total. The molecule has 126 valence electrons. The standard InChI is InChI=1S/C18H25NO4/c1-21-13-18-9-5-6-14(18)10-19(12-18)17(20)11-23-16-8-4-3-7-15(16)22-2/h3-4,7-8,14H,5-6,9-13H2,1-2H3/t14-,18+/m1/s1. The van der Waals surface area contributed by atoms with Gasteiger partial charge in [0, 0.05) is 25.6 Å². The fraction of sp³-hybridized carbons (Fsp3) is 0.611. The number of carbonyl (C=O) groups excluding carboxylic acids is 1. The maximum atomic E-state index is 12.5. The summed E-state index contributed by atoms with van der Waals surface area (Å²) in [4.78, 5) is 14.5. The van der Waals surface area contributed by atoms with Gasteiger partial charge in [0.2, 0.25) is 0 Å². The first-order valence-corrected chi connectivity index (χ1v) is 8.21. The molecule has 1 aliphatic heterocycles. The zero-order valence-corrected chi connectivity index (χ0v) is 13.9. The van der Waals surface area contributed by atoms with Crippen LogP contribution in [0, 0.1) is 11.3 Å². The van der Waals surface area contributed by atoms with E-state index in [-0.39, 0.29) is 17.9 Å². The van der Waals surface area contributed by atoms with Crippen molar-refractivity contribution in [2.75, 3.05) is 40.5 Å². The summed E-state index contributed by atoms with van der Waals surface area (Å²) in [5.41, 5.74) is 0.162. The highest BCUT2D eigenvalue weighted by atomic mass is 16.5. The number of para-hydroxylation sites is 2. The van der Waals surface area contributed by atoms with Crippen LogP contribution in [0.3, 0.4) is 0 Å². The Bertz CT molecular complexity index is 562. The van der Waals surface area contributed by atoms with Crippen molar-refractivity contribution in [1.29, 1.82) is 0 Å². The molecule has 23 heavy (non-hydrogen) atoms. The molecule has 3 rings (SSSR count). The predicted octanol–water partition coefficient (Wildman–Crippen LogP) is 2.35. The summed E-state index contributed by atoms with van der Waals surface area (Å²) in [6.07, 6.45) is 3.59. The molecule has 1 aromatic rings. The third kappa shape index (κ3) is 3.15. The average molecular weight is 319 g/mol. The average Bonchev–Trinajstić information content (AvgIpc) is 3.10. The van der Waals surface area contributed by atoms with Crippen LogP contribution in [0.1, 0.15) is 19.3 Å². The lowest BCUT2D eigenvalue weighted by atomic mass is 9.82. The zero-order valence-electron chi connectivity index (χ0n) is 13.9. The number of hydrogen-bond acceptors (Lipinski definition) is 4. The van der Waals surface area contributed by atoms with E-state index in [1.807, 2.05) is 29.2 Å². The van der Waals surface area contributed by atoms with Gasteiger partial charge >= 0.3 is 0 Å². The molecular weight excluding hydrogens is 294 g/mol. The summed E-state index contributed by atoms with van der Waals surface area (Å²) in [5, 5.41) is 0. The summed E-state index contributed by atoms with van der Waals surface area (Å²) in [6, 6.07) is 7.39.